The number of non-ortho nitro benzene ring substituents is 1. The van der Waals surface area contributed by atoms with Gasteiger partial charge in [-0.3, -0.25) is 14.4 Å². The lowest BCUT2D eigenvalue weighted by molar-refractivity contribution is -0.384. The summed E-state index contributed by atoms with van der Waals surface area (Å²) in [4.78, 5) is 10.2. The van der Waals surface area contributed by atoms with Crippen LogP contribution in [-0.2, 0) is 16.6 Å². The van der Waals surface area contributed by atoms with E-state index in [0.29, 0.717) is 18.7 Å². The Balaban J connectivity index is 2.50. The fourth-order valence-corrected chi connectivity index (χ4v) is 3.02. The van der Waals surface area contributed by atoms with Gasteiger partial charge in [0.25, 0.3) is 5.69 Å². The molecule has 0 radical (unpaired) electrons. The summed E-state index contributed by atoms with van der Waals surface area (Å²) >= 11 is 0. The third kappa shape index (κ3) is 1.93. The number of benzene rings is 1. The summed E-state index contributed by atoms with van der Waals surface area (Å²) in [5, 5.41) is 10.7. The van der Waals surface area contributed by atoms with Gasteiger partial charge >= 0.3 is 10.2 Å². The molecule has 0 N–H and O–H groups in total. The van der Waals surface area contributed by atoms with E-state index in [1.165, 1.54) is 30.5 Å². The van der Waals surface area contributed by atoms with Crippen LogP contribution in [0.5, 0.6) is 0 Å². The number of fused-ring (bicyclic) bond motifs is 1. The summed E-state index contributed by atoms with van der Waals surface area (Å²) in [7, 11) is -0.718. The Labute approximate surface area is 105 Å². The SMILES string of the molecule is CN(C)S(=O)(=O)N1CCc2ccc([N+](=O)[O-])cc21. The van der Waals surface area contributed by atoms with Crippen LogP contribution >= 0.6 is 0 Å². The molecule has 0 aliphatic carbocycles. The van der Waals surface area contributed by atoms with Crippen LogP contribution < -0.4 is 4.31 Å². The molecular formula is C10H13N3O4S. The van der Waals surface area contributed by atoms with Gasteiger partial charge in [-0.2, -0.15) is 12.7 Å². The van der Waals surface area contributed by atoms with E-state index in [9.17, 15) is 18.5 Å². The van der Waals surface area contributed by atoms with E-state index >= 15 is 0 Å². The standard InChI is InChI=1S/C10H13N3O4S/c1-11(2)18(16,17)12-6-5-8-3-4-9(13(14)15)7-10(8)12/h3-4,7H,5-6H2,1-2H3. The number of hydrogen-bond acceptors (Lipinski definition) is 4. The molecule has 0 aromatic heterocycles. The van der Waals surface area contributed by atoms with Gasteiger partial charge in [-0.1, -0.05) is 6.07 Å². The Morgan fingerprint density at radius 3 is 2.61 bits per heavy atom. The maximum absolute atomic E-state index is 12.1. The van der Waals surface area contributed by atoms with E-state index in [-0.39, 0.29) is 5.69 Å². The molecule has 0 saturated heterocycles. The first kappa shape index (κ1) is 12.8. The number of anilines is 1. The van der Waals surface area contributed by atoms with Gasteiger partial charge in [-0.05, 0) is 12.0 Å². The highest BCUT2D eigenvalue weighted by Gasteiger charge is 2.32. The quantitative estimate of drug-likeness (QED) is 0.600. The minimum atomic E-state index is -3.59. The van der Waals surface area contributed by atoms with Crippen molar-refractivity contribution in [3.8, 4) is 0 Å². The highest BCUT2D eigenvalue weighted by molar-refractivity contribution is 7.90. The molecule has 8 heteroatoms. The molecule has 0 atom stereocenters. The van der Waals surface area contributed by atoms with Gasteiger partial charge in [-0.15, -0.1) is 0 Å². The second-order valence-corrected chi connectivity index (χ2v) is 6.25. The van der Waals surface area contributed by atoms with Crippen molar-refractivity contribution in [3.63, 3.8) is 0 Å². The van der Waals surface area contributed by atoms with E-state index in [0.717, 1.165) is 9.87 Å². The van der Waals surface area contributed by atoms with Gasteiger partial charge < -0.3 is 0 Å². The third-order valence-electron chi connectivity index (χ3n) is 2.87. The van der Waals surface area contributed by atoms with Gasteiger partial charge in [0, 0.05) is 32.8 Å². The predicted molar refractivity (Wildman–Crippen MR) is 66.8 cm³/mol. The van der Waals surface area contributed by atoms with E-state index in [1.54, 1.807) is 6.07 Å². The van der Waals surface area contributed by atoms with Crippen LogP contribution in [0.1, 0.15) is 5.56 Å². The molecule has 18 heavy (non-hydrogen) atoms. The van der Waals surface area contributed by atoms with Crippen LogP contribution in [0.25, 0.3) is 0 Å². The van der Waals surface area contributed by atoms with Crippen LogP contribution in [0, 0.1) is 10.1 Å². The largest absolute Gasteiger partial charge is 0.303 e. The second kappa shape index (κ2) is 4.21. The summed E-state index contributed by atoms with van der Waals surface area (Å²) in [5.41, 5.74) is 1.11. The fraction of sp³-hybridized carbons (Fsp3) is 0.400. The second-order valence-electron chi connectivity index (χ2n) is 4.18. The van der Waals surface area contributed by atoms with Gasteiger partial charge in [0.05, 0.1) is 10.6 Å². The third-order valence-corrected chi connectivity index (χ3v) is 4.73. The lowest BCUT2D eigenvalue weighted by atomic mass is 10.1. The van der Waals surface area contributed by atoms with Crippen molar-refractivity contribution in [2.75, 3.05) is 24.9 Å². The highest BCUT2D eigenvalue weighted by Crippen LogP contribution is 2.33. The molecule has 98 valence electrons. The first-order chi connectivity index (χ1) is 8.34. The maximum Gasteiger partial charge on any atom is 0.303 e. The molecule has 1 aromatic carbocycles. The summed E-state index contributed by atoms with van der Waals surface area (Å²) < 4.78 is 26.4. The molecule has 0 bridgehead atoms. The molecule has 1 heterocycles. The topological polar surface area (TPSA) is 83.8 Å². The molecule has 7 nitrogen and oxygen atoms in total. The average molecular weight is 271 g/mol. The fourth-order valence-electron chi connectivity index (χ4n) is 1.89. The smallest absolute Gasteiger partial charge is 0.258 e. The van der Waals surface area contributed by atoms with E-state index in [4.69, 9.17) is 0 Å². The Morgan fingerprint density at radius 2 is 2.06 bits per heavy atom. The van der Waals surface area contributed by atoms with Crippen molar-refractivity contribution in [2.24, 2.45) is 0 Å². The Kier molecular flexibility index (Phi) is 2.99. The summed E-state index contributed by atoms with van der Waals surface area (Å²) in [6.07, 6.45) is 0.570. The van der Waals surface area contributed by atoms with Crippen LogP contribution in [0.15, 0.2) is 18.2 Å². The van der Waals surface area contributed by atoms with E-state index < -0.39 is 15.1 Å². The van der Waals surface area contributed by atoms with Crippen LogP contribution in [0.3, 0.4) is 0 Å². The minimum absolute atomic E-state index is 0.102. The zero-order chi connectivity index (χ0) is 13.5. The average Bonchev–Trinajstić information content (AvgIpc) is 2.71. The molecule has 1 aliphatic heterocycles. The van der Waals surface area contributed by atoms with Crippen molar-refractivity contribution < 1.29 is 13.3 Å². The minimum Gasteiger partial charge on any atom is -0.258 e. The number of nitro groups is 1. The molecule has 0 amide bonds. The van der Waals surface area contributed by atoms with Gasteiger partial charge in [0.2, 0.25) is 0 Å². The van der Waals surface area contributed by atoms with Gasteiger partial charge in [-0.25, -0.2) is 0 Å². The maximum atomic E-state index is 12.1. The molecule has 0 fully saturated rings. The summed E-state index contributed by atoms with van der Waals surface area (Å²) in [6, 6.07) is 4.31. The monoisotopic (exact) mass is 271 g/mol. The Bertz CT molecular complexity index is 597. The highest BCUT2D eigenvalue weighted by atomic mass is 32.2. The van der Waals surface area contributed by atoms with Gasteiger partial charge in [0.15, 0.2) is 0 Å². The van der Waals surface area contributed by atoms with Crippen molar-refractivity contribution in [1.29, 1.82) is 0 Å². The number of nitrogens with zero attached hydrogens (tertiary/aromatic N) is 3. The van der Waals surface area contributed by atoms with Crippen LogP contribution in [0.2, 0.25) is 0 Å². The van der Waals surface area contributed by atoms with Crippen molar-refractivity contribution in [2.45, 2.75) is 6.42 Å². The number of rotatable bonds is 3. The number of hydrogen-bond donors (Lipinski definition) is 0. The van der Waals surface area contributed by atoms with Gasteiger partial charge in [0.1, 0.15) is 0 Å². The number of nitro benzene ring substituents is 1. The molecule has 0 saturated carbocycles. The summed E-state index contributed by atoms with van der Waals surface area (Å²) in [6.45, 7) is 0.316. The van der Waals surface area contributed by atoms with Crippen molar-refractivity contribution in [1.82, 2.24) is 4.31 Å². The lowest BCUT2D eigenvalue weighted by Crippen LogP contribution is -2.39. The molecule has 2 rings (SSSR count). The normalized spacial score (nSPS) is 14.9. The Morgan fingerprint density at radius 1 is 1.39 bits per heavy atom. The van der Waals surface area contributed by atoms with Crippen LogP contribution in [0.4, 0.5) is 11.4 Å². The van der Waals surface area contributed by atoms with E-state index in [2.05, 4.69) is 0 Å². The lowest BCUT2D eigenvalue weighted by Gasteiger charge is -2.23. The molecule has 1 aliphatic rings. The molecule has 0 spiro atoms. The zero-order valence-electron chi connectivity index (χ0n) is 10.0. The Hall–Kier alpha value is -1.67. The summed E-state index contributed by atoms with van der Waals surface area (Å²) in [5.74, 6) is 0. The zero-order valence-corrected chi connectivity index (χ0v) is 10.8. The molecule has 0 unspecified atom stereocenters. The first-order valence-electron chi connectivity index (χ1n) is 5.31. The molecule has 1 aromatic rings. The predicted octanol–water partition coefficient (Wildman–Crippen LogP) is 0.764. The molecular weight excluding hydrogens is 258 g/mol. The van der Waals surface area contributed by atoms with Crippen LogP contribution in [-0.4, -0.2) is 38.3 Å². The first-order valence-corrected chi connectivity index (χ1v) is 6.71. The van der Waals surface area contributed by atoms with Crippen molar-refractivity contribution >= 4 is 21.6 Å². The van der Waals surface area contributed by atoms with Crippen molar-refractivity contribution in [3.05, 3.63) is 33.9 Å². The van der Waals surface area contributed by atoms with E-state index in [1.807, 2.05) is 0 Å².